The van der Waals surface area contributed by atoms with E-state index in [2.05, 4.69) is 5.32 Å². The predicted octanol–water partition coefficient (Wildman–Crippen LogP) is 6.34. The largest absolute Gasteiger partial charge is 0.494 e. The Kier molecular flexibility index (Phi) is 9.34. The zero-order valence-electron chi connectivity index (χ0n) is 21.4. The molecule has 3 atom stereocenters. The minimum atomic E-state index is -5.36. The molecular formula is C28H23ClF3N3O4S2. The van der Waals surface area contributed by atoms with Crippen LogP contribution in [0, 0.1) is 17.2 Å². The van der Waals surface area contributed by atoms with Crippen LogP contribution in [0.4, 0.5) is 18.9 Å². The molecule has 0 spiro atoms. The Morgan fingerprint density at radius 3 is 2.49 bits per heavy atom. The molecule has 13 heteroatoms. The summed E-state index contributed by atoms with van der Waals surface area (Å²) in [5.74, 6) is -5.17. The highest BCUT2D eigenvalue weighted by molar-refractivity contribution is 8.03. The Morgan fingerprint density at radius 2 is 1.90 bits per heavy atom. The zero-order valence-corrected chi connectivity index (χ0v) is 23.8. The number of nitriles is 1. The van der Waals surface area contributed by atoms with Gasteiger partial charge in [0, 0.05) is 16.6 Å². The molecule has 0 aliphatic carbocycles. The lowest BCUT2D eigenvalue weighted by Crippen LogP contribution is -2.66. The van der Waals surface area contributed by atoms with Gasteiger partial charge in [-0.15, -0.1) is 11.3 Å². The number of amides is 1. The fourth-order valence-corrected chi connectivity index (χ4v) is 6.32. The van der Waals surface area contributed by atoms with Gasteiger partial charge >= 0.3 is 6.18 Å². The molecule has 41 heavy (non-hydrogen) atoms. The number of nitrogens with zero attached hydrogens (tertiary/aromatic N) is 1. The summed E-state index contributed by atoms with van der Waals surface area (Å²) in [6, 6.07) is 17.1. The van der Waals surface area contributed by atoms with Crippen molar-refractivity contribution >= 4 is 52.1 Å². The zero-order chi connectivity index (χ0) is 29.8. The Balaban J connectivity index is 1.73. The van der Waals surface area contributed by atoms with E-state index in [1.54, 1.807) is 30.3 Å². The molecule has 2 heterocycles. The number of rotatable bonds is 9. The van der Waals surface area contributed by atoms with E-state index in [4.69, 9.17) is 16.3 Å². The number of hydrogen-bond donors (Lipinski definition) is 3. The number of carbonyl (C=O) groups is 2. The van der Waals surface area contributed by atoms with Crippen molar-refractivity contribution in [2.45, 2.75) is 24.7 Å². The number of nitrogens with one attached hydrogen (secondary N) is 2. The number of benzene rings is 2. The van der Waals surface area contributed by atoms with E-state index in [0.29, 0.717) is 29.8 Å². The quantitative estimate of drug-likeness (QED) is 0.239. The maximum Gasteiger partial charge on any atom is 0.437 e. The van der Waals surface area contributed by atoms with Crippen LogP contribution in [-0.4, -0.2) is 41.1 Å². The molecule has 0 unspecified atom stereocenters. The van der Waals surface area contributed by atoms with Crippen molar-refractivity contribution in [3.63, 3.8) is 0 Å². The topological polar surface area (TPSA) is 111 Å². The molecule has 0 radical (unpaired) electrons. The van der Waals surface area contributed by atoms with Crippen LogP contribution in [0.5, 0.6) is 5.75 Å². The Bertz CT molecular complexity index is 1490. The first kappa shape index (κ1) is 30.5. The molecule has 3 N–H and O–H groups in total. The second-order valence-corrected chi connectivity index (χ2v) is 11.2. The summed E-state index contributed by atoms with van der Waals surface area (Å²) in [6.07, 6.45) is -5.36. The van der Waals surface area contributed by atoms with Crippen LogP contribution >= 0.6 is 34.7 Å². The molecule has 2 aromatic carbocycles. The molecule has 1 aliphatic rings. The highest BCUT2D eigenvalue weighted by Crippen LogP contribution is 2.52. The van der Waals surface area contributed by atoms with E-state index < -0.39 is 46.2 Å². The smallest absolute Gasteiger partial charge is 0.437 e. The van der Waals surface area contributed by atoms with E-state index >= 15 is 0 Å². The first-order valence-corrected chi connectivity index (χ1v) is 14.4. The number of carbonyl (C=O) groups excluding carboxylic acids is 2. The van der Waals surface area contributed by atoms with E-state index in [1.807, 2.05) is 18.3 Å². The van der Waals surface area contributed by atoms with Gasteiger partial charge in [0.05, 0.1) is 39.8 Å². The lowest BCUT2D eigenvalue weighted by molar-refractivity contribution is -0.285. The number of Topliss-reactive ketones (excluding diaryl/α,β-unsaturated/α-hetero) is 1. The number of thioether (sulfide) groups is 1. The van der Waals surface area contributed by atoms with Crippen molar-refractivity contribution in [1.29, 1.82) is 5.26 Å². The van der Waals surface area contributed by atoms with Gasteiger partial charge in [0.2, 0.25) is 11.6 Å². The van der Waals surface area contributed by atoms with Crippen molar-refractivity contribution in [3.05, 3.63) is 92.1 Å². The number of halogens is 4. The molecular weight excluding hydrogens is 599 g/mol. The summed E-state index contributed by atoms with van der Waals surface area (Å²) in [5.41, 5.74) is -3.57. The monoisotopic (exact) mass is 621 g/mol. The average molecular weight is 622 g/mol. The molecule has 1 aliphatic heterocycles. The van der Waals surface area contributed by atoms with Crippen LogP contribution in [-0.2, 0) is 4.79 Å². The first-order valence-electron chi connectivity index (χ1n) is 12.2. The summed E-state index contributed by atoms with van der Waals surface area (Å²) in [7, 11) is 0. The number of allylic oxidation sites excluding steroid dienone is 1. The maximum absolute atomic E-state index is 14.6. The molecule has 7 nitrogen and oxygen atoms in total. The third-order valence-electron chi connectivity index (χ3n) is 6.28. The second-order valence-electron chi connectivity index (χ2n) is 8.86. The highest BCUT2D eigenvalue weighted by atomic mass is 35.5. The molecule has 4 rings (SSSR count). The molecule has 0 saturated heterocycles. The standard InChI is InChI=1S/C28H23ClF3N3O4S2/c1-2-39-17-11-9-16(10-12-17)34-22(36)15-41-26-19(14-33)23(18-6-3-4-7-20(18)29)24(25(37)21-8-5-13-40-21)27(38,35-26)28(30,31)32/h3-13,23-24,35,38H,2,15H2,1H3,(H,34,36)/t23-,24-,27+/m0/s1. The number of anilines is 1. The van der Waals surface area contributed by atoms with E-state index in [9.17, 15) is 33.1 Å². The van der Waals surface area contributed by atoms with Gasteiger partial charge in [-0.1, -0.05) is 47.6 Å². The Labute approximate surface area is 247 Å². The van der Waals surface area contributed by atoms with Gasteiger partial charge in [0.25, 0.3) is 0 Å². The van der Waals surface area contributed by atoms with Crippen molar-refractivity contribution < 1.29 is 32.6 Å². The van der Waals surface area contributed by atoms with Gasteiger partial charge < -0.3 is 20.5 Å². The molecule has 0 bridgehead atoms. The second kappa shape index (κ2) is 12.6. The summed E-state index contributed by atoms with van der Waals surface area (Å²) in [4.78, 5) is 26.2. The Morgan fingerprint density at radius 1 is 1.20 bits per heavy atom. The highest BCUT2D eigenvalue weighted by Gasteiger charge is 2.66. The predicted molar refractivity (Wildman–Crippen MR) is 152 cm³/mol. The average Bonchev–Trinajstić information content (AvgIpc) is 3.47. The molecule has 0 fully saturated rings. The molecule has 3 aromatic rings. The minimum absolute atomic E-state index is 0.0123. The number of ketones is 1. The van der Waals surface area contributed by atoms with Crippen LogP contribution in [0.2, 0.25) is 5.02 Å². The summed E-state index contributed by atoms with van der Waals surface area (Å²) in [5, 5.41) is 27.2. The van der Waals surface area contributed by atoms with Gasteiger partial charge in [-0.2, -0.15) is 18.4 Å². The molecule has 1 amide bonds. The van der Waals surface area contributed by atoms with E-state index in [-0.39, 0.29) is 21.0 Å². The summed E-state index contributed by atoms with van der Waals surface area (Å²) >= 11 is 7.89. The maximum atomic E-state index is 14.6. The third-order valence-corrected chi connectivity index (χ3v) is 8.53. The number of thiophene rings is 1. The molecule has 0 saturated carbocycles. The van der Waals surface area contributed by atoms with Crippen LogP contribution in [0.25, 0.3) is 0 Å². The van der Waals surface area contributed by atoms with Gasteiger partial charge in [0.15, 0.2) is 5.78 Å². The SMILES string of the molecule is CCOc1ccc(NC(=O)CSC2=C(C#N)[C@H](c3ccccc3Cl)[C@@H](C(=O)c3cccs3)[C@@](O)(C(F)(F)F)N2)cc1. The third kappa shape index (κ3) is 6.38. The molecule has 214 valence electrons. The first-order chi connectivity index (χ1) is 19.5. The lowest BCUT2D eigenvalue weighted by atomic mass is 9.70. The normalized spacial score (nSPS) is 20.6. The Hall–Kier alpha value is -3.50. The number of alkyl halides is 3. The fraction of sp³-hybridized carbons (Fsp3) is 0.250. The van der Waals surface area contributed by atoms with Gasteiger partial charge in [-0.3, -0.25) is 9.59 Å². The van der Waals surface area contributed by atoms with Crippen LogP contribution in [0.15, 0.2) is 76.6 Å². The van der Waals surface area contributed by atoms with Crippen LogP contribution in [0.3, 0.4) is 0 Å². The van der Waals surface area contributed by atoms with E-state index in [1.165, 1.54) is 35.7 Å². The van der Waals surface area contributed by atoms with Crippen molar-refractivity contribution in [2.75, 3.05) is 17.7 Å². The number of aliphatic hydroxyl groups is 1. The van der Waals surface area contributed by atoms with Crippen molar-refractivity contribution in [2.24, 2.45) is 5.92 Å². The minimum Gasteiger partial charge on any atom is -0.494 e. The van der Waals surface area contributed by atoms with Gasteiger partial charge in [-0.25, -0.2) is 0 Å². The van der Waals surface area contributed by atoms with E-state index in [0.717, 1.165) is 11.3 Å². The lowest BCUT2D eigenvalue weighted by Gasteiger charge is -2.45. The fourth-order valence-electron chi connectivity index (χ4n) is 4.46. The number of ether oxygens (including phenoxy) is 1. The number of hydrogen-bond acceptors (Lipinski definition) is 8. The van der Waals surface area contributed by atoms with Crippen LogP contribution in [0.1, 0.15) is 28.1 Å². The van der Waals surface area contributed by atoms with Crippen molar-refractivity contribution in [1.82, 2.24) is 5.32 Å². The van der Waals surface area contributed by atoms with Crippen LogP contribution < -0.4 is 15.4 Å². The molecule has 1 aromatic heterocycles. The summed E-state index contributed by atoms with van der Waals surface area (Å²) < 4.78 is 49.3. The van der Waals surface area contributed by atoms with Gasteiger partial charge in [-0.05, 0) is 54.3 Å². The van der Waals surface area contributed by atoms with Crippen molar-refractivity contribution in [3.8, 4) is 11.8 Å². The van der Waals surface area contributed by atoms with Gasteiger partial charge in [0.1, 0.15) is 5.75 Å². The summed E-state index contributed by atoms with van der Waals surface area (Å²) in [6.45, 7) is 2.29.